The van der Waals surface area contributed by atoms with Gasteiger partial charge in [0.05, 0.1) is 6.10 Å². The Kier molecular flexibility index (Phi) is 7.05. The van der Waals surface area contributed by atoms with Gasteiger partial charge in [0.15, 0.2) is 0 Å². The smallest absolute Gasteiger partial charge is 0.125 e. The zero-order valence-corrected chi connectivity index (χ0v) is 14.6. The van der Waals surface area contributed by atoms with Gasteiger partial charge in [-0.15, -0.1) is 0 Å². The lowest BCUT2D eigenvalue weighted by molar-refractivity contribution is 0.0604. The summed E-state index contributed by atoms with van der Waals surface area (Å²) in [6, 6.07) is 5.89. The molecular weight excluding hydrogens is 328 g/mol. The van der Waals surface area contributed by atoms with E-state index in [1.807, 2.05) is 18.2 Å². The molecule has 0 bridgehead atoms. The largest absolute Gasteiger partial charge is 0.490 e. The average Bonchev–Trinajstić information content (AvgIpc) is 2.47. The second-order valence-corrected chi connectivity index (χ2v) is 7.00. The first kappa shape index (κ1) is 16.8. The van der Waals surface area contributed by atoms with Crippen LogP contribution in [0.2, 0.25) is 0 Å². The molecule has 3 heteroatoms. The Morgan fingerprint density at radius 3 is 2.62 bits per heavy atom. The minimum Gasteiger partial charge on any atom is -0.490 e. The summed E-state index contributed by atoms with van der Waals surface area (Å²) in [5, 5.41) is 10.3. The van der Waals surface area contributed by atoms with Gasteiger partial charge in [0.1, 0.15) is 11.9 Å². The highest BCUT2D eigenvalue weighted by atomic mass is 79.9. The first-order chi connectivity index (χ1) is 10.2. The summed E-state index contributed by atoms with van der Waals surface area (Å²) >= 11 is 3.44. The molecule has 21 heavy (non-hydrogen) atoms. The maximum atomic E-state index is 10.3. The Morgan fingerprint density at radius 2 is 1.86 bits per heavy atom. The van der Waals surface area contributed by atoms with Gasteiger partial charge in [-0.25, -0.2) is 0 Å². The third-order valence-electron chi connectivity index (χ3n) is 4.24. The van der Waals surface area contributed by atoms with Crippen LogP contribution in [0.3, 0.4) is 0 Å². The predicted molar refractivity (Wildman–Crippen MR) is 90.7 cm³/mol. The third-order valence-corrected chi connectivity index (χ3v) is 4.73. The Hall–Kier alpha value is -0.540. The van der Waals surface area contributed by atoms with E-state index >= 15 is 0 Å². The molecule has 1 aromatic carbocycles. The SMILES string of the molecule is CCCCCCCCCC1CC(O)c2cc(Br)ccc2O1. The molecule has 0 amide bonds. The zero-order valence-electron chi connectivity index (χ0n) is 13.0. The van der Waals surface area contributed by atoms with Crippen LogP contribution in [0.4, 0.5) is 0 Å². The number of hydrogen-bond donors (Lipinski definition) is 1. The summed E-state index contributed by atoms with van der Waals surface area (Å²) < 4.78 is 7.02. The van der Waals surface area contributed by atoms with Crippen LogP contribution in [0.15, 0.2) is 22.7 Å². The molecule has 118 valence electrons. The number of rotatable bonds is 8. The number of fused-ring (bicyclic) bond motifs is 1. The molecular formula is C18H27BrO2. The summed E-state index contributed by atoms with van der Waals surface area (Å²) in [6.07, 6.45) is 10.8. The van der Waals surface area contributed by atoms with Crippen LogP contribution in [0, 0.1) is 0 Å². The third kappa shape index (κ3) is 5.30. The van der Waals surface area contributed by atoms with Crippen molar-refractivity contribution in [3.63, 3.8) is 0 Å². The first-order valence-corrected chi connectivity index (χ1v) is 9.14. The van der Waals surface area contributed by atoms with Crippen LogP contribution in [0.1, 0.15) is 76.4 Å². The molecule has 2 rings (SSSR count). The number of unbranched alkanes of at least 4 members (excludes halogenated alkanes) is 6. The van der Waals surface area contributed by atoms with Crippen LogP contribution in [-0.4, -0.2) is 11.2 Å². The topological polar surface area (TPSA) is 29.5 Å². The quantitative estimate of drug-likeness (QED) is 0.600. The maximum absolute atomic E-state index is 10.3. The summed E-state index contributed by atoms with van der Waals surface area (Å²) in [6.45, 7) is 2.25. The summed E-state index contributed by atoms with van der Waals surface area (Å²) in [7, 11) is 0. The Labute approximate surface area is 137 Å². The van der Waals surface area contributed by atoms with E-state index in [1.165, 1.54) is 44.9 Å². The second kappa shape index (κ2) is 8.79. The van der Waals surface area contributed by atoms with Crippen molar-refractivity contribution >= 4 is 15.9 Å². The molecule has 0 radical (unpaired) electrons. The van der Waals surface area contributed by atoms with E-state index in [9.17, 15) is 5.11 Å². The number of hydrogen-bond acceptors (Lipinski definition) is 2. The van der Waals surface area contributed by atoms with Gasteiger partial charge in [-0.05, 0) is 31.0 Å². The molecule has 2 unspecified atom stereocenters. The monoisotopic (exact) mass is 354 g/mol. The van der Waals surface area contributed by atoms with E-state index in [4.69, 9.17) is 4.74 Å². The van der Waals surface area contributed by atoms with Crippen molar-refractivity contribution in [1.29, 1.82) is 0 Å². The maximum Gasteiger partial charge on any atom is 0.125 e. The second-order valence-electron chi connectivity index (χ2n) is 6.08. The van der Waals surface area contributed by atoms with E-state index in [0.29, 0.717) is 0 Å². The van der Waals surface area contributed by atoms with Crippen molar-refractivity contribution < 1.29 is 9.84 Å². The van der Waals surface area contributed by atoms with E-state index in [1.54, 1.807) is 0 Å². The molecule has 0 aliphatic carbocycles. The van der Waals surface area contributed by atoms with Gasteiger partial charge in [0, 0.05) is 16.5 Å². The molecule has 1 N–H and O–H groups in total. The molecule has 1 aliphatic heterocycles. The highest BCUT2D eigenvalue weighted by Gasteiger charge is 2.26. The van der Waals surface area contributed by atoms with E-state index in [2.05, 4.69) is 22.9 Å². The van der Waals surface area contributed by atoms with E-state index in [0.717, 1.165) is 28.6 Å². The van der Waals surface area contributed by atoms with Gasteiger partial charge >= 0.3 is 0 Å². The van der Waals surface area contributed by atoms with Crippen LogP contribution >= 0.6 is 15.9 Å². The molecule has 1 aromatic rings. The minimum atomic E-state index is -0.388. The molecule has 1 heterocycles. The molecule has 0 saturated heterocycles. The van der Waals surface area contributed by atoms with Gasteiger partial charge in [-0.3, -0.25) is 0 Å². The summed E-state index contributed by atoms with van der Waals surface area (Å²) in [5.74, 6) is 0.852. The first-order valence-electron chi connectivity index (χ1n) is 8.35. The molecule has 0 spiro atoms. The van der Waals surface area contributed by atoms with Gasteiger partial charge in [0.25, 0.3) is 0 Å². The molecule has 0 aromatic heterocycles. The highest BCUT2D eigenvalue weighted by molar-refractivity contribution is 9.10. The van der Waals surface area contributed by atoms with Crippen molar-refractivity contribution in [2.75, 3.05) is 0 Å². The van der Waals surface area contributed by atoms with Crippen LogP contribution in [-0.2, 0) is 0 Å². The summed E-state index contributed by atoms with van der Waals surface area (Å²) in [4.78, 5) is 0. The molecule has 1 aliphatic rings. The lowest BCUT2D eigenvalue weighted by Crippen LogP contribution is -2.25. The average molecular weight is 355 g/mol. The van der Waals surface area contributed by atoms with Gasteiger partial charge in [0.2, 0.25) is 0 Å². The van der Waals surface area contributed by atoms with Crippen molar-refractivity contribution in [1.82, 2.24) is 0 Å². The molecule has 2 nitrogen and oxygen atoms in total. The lowest BCUT2D eigenvalue weighted by atomic mass is 9.96. The Morgan fingerprint density at radius 1 is 1.14 bits per heavy atom. The fourth-order valence-electron chi connectivity index (χ4n) is 3.00. The number of aliphatic hydroxyl groups is 1. The van der Waals surface area contributed by atoms with Gasteiger partial charge in [-0.2, -0.15) is 0 Å². The predicted octanol–water partition coefficient (Wildman–Crippen LogP) is 5.77. The molecule has 0 fully saturated rings. The fourth-order valence-corrected chi connectivity index (χ4v) is 3.38. The van der Waals surface area contributed by atoms with Crippen LogP contribution in [0.5, 0.6) is 5.75 Å². The highest BCUT2D eigenvalue weighted by Crippen LogP contribution is 2.37. The van der Waals surface area contributed by atoms with E-state index < -0.39 is 0 Å². The van der Waals surface area contributed by atoms with Crippen molar-refractivity contribution in [3.05, 3.63) is 28.2 Å². The van der Waals surface area contributed by atoms with Crippen molar-refractivity contribution in [3.8, 4) is 5.75 Å². The molecule has 2 atom stereocenters. The van der Waals surface area contributed by atoms with Gasteiger partial charge in [-0.1, -0.05) is 61.4 Å². The Balaban J connectivity index is 1.70. The van der Waals surface area contributed by atoms with Crippen molar-refractivity contribution in [2.24, 2.45) is 0 Å². The fraction of sp³-hybridized carbons (Fsp3) is 0.667. The van der Waals surface area contributed by atoms with Gasteiger partial charge < -0.3 is 9.84 Å². The Bertz CT molecular complexity index is 433. The molecule has 0 saturated carbocycles. The van der Waals surface area contributed by atoms with E-state index in [-0.39, 0.29) is 12.2 Å². The minimum absolute atomic E-state index is 0.171. The number of ether oxygens (including phenoxy) is 1. The van der Waals surface area contributed by atoms with Crippen molar-refractivity contribution in [2.45, 2.75) is 76.9 Å². The zero-order chi connectivity index (χ0) is 15.1. The normalized spacial score (nSPS) is 20.9. The summed E-state index contributed by atoms with van der Waals surface area (Å²) in [5.41, 5.74) is 0.917. The van der Waals surface area contributed by atoms with Crippen LogP contribution < -0.4 is 4.74 Å². The number of halogens is 1. The number of aliphatic hydroxyl groups excluding tert-OH is 1. The van der Waals surface area contributed by atoms with Crippen LogP contribution in [0.25, 0.3) is 0 Å². The number of benzene rings is 1. The lowest BCUT2D eigenvalue weighted by Gasteiger charge is -2.29. The standard InChI is InChI=1S/C18H27BrO2/c1-2-3-4-5-6-7-8-9-15-13-17(20)16-12-14(19)10-11-18(16)21-15/h10-12,15,17,20H,2-9,13H2,1H3.